The third kappa shape index (κ3) is 2.79. The molecule has 1 saturated heterocycles. The summed E-state index contributed by atoms with van der Waals surface area (Å²) in [4.78, 5) is 2.31. The second-order valence-corrected chi connectivity index (χ2v) is 5.29. The van der Waals surface area contributed by atoms with Crippen LogP contribution in [0.2, 0.25) is 5.02 Å². The first kappa shape index (κ1) is 13.7. The average molecular weight is 270 g/mol. The summed E-state index contributed by atoms with van der Waals surface area (Å²) < 4.78 is 5.42. The van der Waals surface area contributed by atoms with Gasteiger partial charge in [-0.25, -0.2) is 0 Å². The first-order chi connectivity index (χ1) is 8.65. The van der Waals surface area contributed by atoms with Gasteiger partial charge in [0, 0.05) is 36.0 Å². The van der Waals surface area contributed by atoms with E-state index in [1.54, 1.807) is 7.11 Å². The van der Waals surface area contributed by atoms with Gasteiger partial charge in [-0.3, -0.25) is 0 Å². The Morgan fingerprint density at radius 1 is 1.50 bits per heavy atom. The molecule has 1 fully saturated rings. The van der Waals surface area contributed by atoms with Crippen molar-refractivity contribution in [3.05, 3.63) is 28.8 Å². The van der Waals surface area contributed by atoms with Crippen LogP contribution in [0.3, 0.4) is 0 Å². The third-order valence-corrected chi connectivity index (χ3v) is 3.92. The van der Waals surface area contributed by atoms with E-state index in [0.29, 0.717) is 17.2 Å². The molecule has 1 aliphatic rings. The number of halogens is 1. The van der Waals surface area contributed by atoms with E-state index in [1.807, 2.05) is 18.2 Å². The largest absolute Gasteiger partial charge is 0.392 e. The second kappa shape index (κ2) is 5.91. The van der Waals surface area contributed by atoms with Gasteiger partial charge in [-0.15, -0.1) is 0 Å². The summed E-state index contributed by atoms with van der Waals surface area (Å²) in [5.41, 5.74) is 1.98. The molecule has 0 saturated carbocycles. The van der Waals surface area contributed by atoms with E-state index in [9.17, 15) is 5.11 Å². The fraction of sp³-hybridized carbons (Fsp3) is 0.571. The number of nitrogens with zero attached hydrogens (tertiary/aromatic N) is 1. The molecule has 0 aromatic heterocycles. The van der Waals surface area contributed by atoms with E-state index in [0.717, 1.165) is 30.6 Å². The Morgan fingerprint density at radius 2 is 2.28 bits per heavy atom. The van der Waals surface area contributed by atoms with Crippen LogP contribution in [-0.4, -0.2) is 30.9 Å². The Hall–Kier alpha value is -0.770. The van der Waals surface area contributed by atoms with E-state index < -0.39 is 0 Å². The van der Waals surface area contributed by atoms with Crippen LogP contribution >= 0.6 is 11.6 Å². The molecule has 0 radical (unpaired) electrons. The van der Waals surface area contributed by atoms with Gasteiger partial charge in [0.15, 0.2) is 0 Å². The molecule has 1 aromatic rings. The Labute approximate surface area is 113 Å². The molecule has 3 nitrogen and oxygen atoms in total. The van der Waals surface area contributed by atoms with Gasteiger partial charge in [-0.2, -0.15) is 0 Å². The minimum atomic E-state index is 0.0451. The van der Waals surface area contributed by atoms with E-state index in [4.69, 9.17) is 16.3 Å². The van der Waals surface area contributed by atoms with Gasteiger partial charge in [-0.05, 0) is 31.9 Å². The molecule has 0 amide bonds. The maximum Gasteiger partial charge on any atom is 0.0702 e. The molecule has 0 spiro atoms. The van der Waals surface area contributed by atoms with Crippen LogP contribution in [-0.2, 0) is 11.3 Å². The molecule has 100 valence electrons. The van der Waals surface area contributed by atoms with Crippen molar-refractivity contribution in [1.29, 1.82) is 0 Å². The highest BCUT2D eigenvalue weighted by molar-refractivity contribution is 6.30. The van der Waals surface area contributed by atoms with Crippen molar-refractivity contribution in [1.82, 2.24) is 0 Å². The summed E-state index contributed by atoms with van der Waals surface area (Å²) in [6, 6.07) is 6.06. The van der Waals surface area contributed by atoms with Crippen LogP contribution in [0.1, 0.15) is 25.3 Å². The molecule has 1 N–H and O–H groups in total. The van der Waals surface area contributed by atoms with Crippen molar-refractivity contribution in [2.24, 2.45) is 0 Å². The van der Waals surface area contributed by atoms with Gasteiger partial charge < -0.3 is 14.7 Å². The van der Waals surface area contributed by atoms with Crippen LogP contribution in [0.4, 0.5) is 5.69 Å². The molecule has 18 heavy (non-hydrogen) atoms. The molecule has 2 rings (SSSR count). The van der Waals surface area contributed by atoms with Crippen LogP contribution in [0.15, 0.2) is 18.2 Å². The zero-order valence-electron chi connectivity index (χ0n) is 10.9. The van der Waals surface area contributed by atoms with Gasteiger partial charge in [0.1, 0.15) is 0 Å². The predicted molar refractivity (Wildman–Crippen MR) is 74.2 cm³/mol. The first-order valence-electron chi connectivity index (χ1n) is 6.34. The number of hydrogen-bond acceptors (Lipinski definition) is 3. The number of anilines is 1. The van der Waals surface area contributed by atoms with Crippen LogP contribution in [0, 0.1) is 0 Å². The van der Waals surface area contributed by atoms with Crippen molar-refractivity contribution in [3.63, 3.8) is 0 Å². The van der Waals surface area contributed by atoms with E-state index in [1.165, 1.54) is 0 Å². The molecule has 0 aliphatic carbocycles. The first-order valence-corrected chi connectivity index (χ1v) is 6.72. The number of ether oxygens (including phenoxy) is 1. The highest BCUT2D eigenvalue weighted by atomic mass is 35.5. The van der Waals surface area contributed by atoms with Gasteiger partial charge in [0.05, 0.1) is 12.7 Å². The summed E-state index contributed by atoms with van der Waals surface area (Å²) in [5.74, 6) is 0. The predicted octanol–water partition coefficient (Wildman–Crippen LogP) is 2.84. The number of piperidine rings is 1. The van der Waals surface area contributed by atoms with Crippen molar-refractivity contribution in [2.45, 2.75) is 38.5 Å². The molecule has 1 heterocycles. The standard InChI is InChI=1S/C14H20ClNO2/c1-10-7-13(18-2)5-6-16(10)14-8-12(15)4-3-11(14)9-17/h3-4,8,10,13,17H,5-7,9H2,1-2H3. The van der Waals surface area contributed by atoms with Gasteiger partial charge >= 0.3 is 0 Å². The van der Waals surface area contributed by atoms with E-state index in [-0.39, 0.29) is 6.61 Å². The van der Waals surface area contributed by atoms with Crippen molar-refractivity contribution in [3.8, 4) is 0 Å². The zero-order valence-corrected chi connectivity index (χ0v) is 11.7. The SMILES string of the molecule is COC1CCN(c2cc(Cl)ccc2CO)C(C)C1. The van der Waals surface area contributed by atoms with Gasteiger partial charge in [0.2, 0.25) is 0 Å². The maximum absolute atomic E-state index is 9.43. The van der Waals surface area contributed by atoms with Crippen LogP contribution < -0.4 is 4.90 Å². The van der Waals surface area contributed by atoms with Crippen LogP contribution in [0.25, 0.3) is 0 Å². The second-order valence-electron chi connectivity index (χ2n) is 4.86. The van der Waals surface area contributed by atoms with Crippen molar-refractivity contribution in [2.75, 3.05) is 18.6 Å². The summed E-state index contributed by atoms with van der Waals surface area (Å²) in [5, 5.41) is 10.1. The van der Waals surface area contributed by atoms with E-state index in [2.05, 4.69) is 11.8 Å². The van der Waals surface area contributed by atoms with Crippen molar-refractivity contribution < 1.29 is 9.84 Å². The fourth-order valence-electron chi connectivity index (χ4n) is 2.64. The van der Waals surface area contributed by atoms with E-state index >= 15 is 0 Å². The number of aliphatic hydroxyl groups is 1. The molecular formula is C14H20ClNO2. The average Bonchev–Trinajstić information content (AvgIpc) is 2.38. The highest BCUT2D eigenvalue weighted by Crippen LogP contribution is 2.31. The monoisotopic (exact) mass is 269 g/mol. The summed E-state index contributed by atoms with van der Waals surface area (Å²) >= 11 is 6.06. The number of hydrogen-bond donors (Lipinski definition) is 1. The fourth-order valence-corrected chi connectivity index (χ4v) is 2.81. The lowest BCUT2D eigenvalue weighted by Crippen LogP contribution is -2.43. The van der Waals surface area contributed by atoms with Gasteiger partial charge in [-0.1, -0.05) is 17.7 Å². The quantitative estimate of drug-likeness (QED) is 0.916. The summed E-state index contributed by atoms with van der Waals surface area (Å²) in [7, 11) is 1.77. The Kier molecular flexibility index (Phi) is 4.49. The minimum absolute atomic E-state index is 0.0451. The summed E-state index contributed by atoms with van der Waals surface area (Å²) in [6.07, 6.45) is 2.36. The number of rotatable bonds is 3. The normalized spacial score (nSPS) is 24.3. The number of methoxy groups -OCH3 is 1. The molecule has 0 bridgehead atoms. The molecule has 2 unspecified atom stereocenters. The number of benzene rings is 1. The zero-order chi connectivity index (χ0) is 13.1. The smallest absolute Gasteiger partial charge is 0.0702 e. The van der Waals surface area contributed by atoms with Gasteiger partial charge in [0.25, 0.3) is 0 Å². The minimum Gasteiger partial charge on any atom is -0.392 e. The lowest BCUT2D eigenvalue weighted by molar-refractivity contribution is 0.0720. The summed E-state index contributed by atoms with van der Waals surface area (Å²) in [6.45, 7) is 3.17. The molecule has 1 aromatic carbocycles. The third-order valence-electron chi connectivity index (χ3n) is 3.69. The molecule has 2 atom stereocenters. The lowest BCUT2D eigenvalue weighted by atomic mass is 9.98. The van der Waals surface area contributed by atoms with Crippen molar-refractivity contribution >= 4 is 17.3 Å². The maximum atomic E-state index is 9.43. The molecular weight excluding hydrogens is 250 g/mol. The Balaban J connectivity index is 2.23. The Morgan fingerprint density at radius 3 is 2.89 bits per heavy atom. The lowest BCUT2D eigenvalue weighted by Gasteiger charge is -2.39. The highest BCUT2D eigenvalue weighted by Gasteiger charge is 2.26. The molecule has 4 heteroatoms. The van der Waals surface area contributed by atoms with Crippen LogP contribution in [0.5, 0.6) is 0 Å². The number of aliphatic hydroxyl groups excluding tert-OH is 1. The topological polar surface area (TPSA) is 32.7 Å². The Bertz CT molecular complexity index is 411. The molecule has 1 aliphatic heterocycles.